The third-order valence-electron chi connectivity index (χ3n) is 4.20. The van der Waals surface area contributed by atoms with Gasteiger partial charge in [0.2, 0.25) is 5.91 Å². The number of hydrogen-bond donors (Lipinski definition) is 2. The predicted octanol–water partition coefficient (Wildman–Crippen LogP) is 2.69. The van der Waals surface area contributed by atoms with Crippen molar-refractivity contribution in [3.8, 4) is 0 Å². The molecule has 28 heavy (non-hydrogen) atoms. The molecule has 2 aromatic rings. The van der Waals surface area contributed by atoms with Gasteiger partial charge in [0.05, 0.1) is 18.7 Å². The number of alkyl halides is 3. The van der Waals surface area contributed by atoms with Crippen LogP contribution in [-0.2, 0) is 24.1 Å². The summed E-state index contributed by atoms with van der Waals surface area (Å²) in [5.74, 6) is -0.771. The first-order valence-electron chi connectivity index (χ1n) is 8.35. The highest BCUT2D eigenvalue weighted by molar-refractivity contribution is 6.01. The fraction of sp³-hybridized carbons (Fsp3) is 0.211. The van der Waals surface area contributed by atoms with E-state index >= 15 is 0 Å². The number of nitrogens with one attached hydrogen (secondary N) is 2. The standard InChI is InChI=1S/C19H16F3N3O3/c20-19(21,22)15-3-1-2-13(8-15)9-23-17(27)14-6-4-12(5-7-14)11-25-16(26)10-24-18(25)28/h1-8H,9-11H2,(H,23,27)(H,24,28). The molecule has 9 heteroatoms. The molecule has 1 aliphatic heterocycles. The normalized spacial score (nSPS) is 14.2. The minimum absolute atomic E-state index is 0.0329. The maximum absolute atomic E-state index is 12.7. The van der Waals surface area contributed by atoms with Crippen LogP contribution in [0.3, 0.4) is 0 Å². The van der Waals surface area contributed by atoms with Crippen molar-refractivity contribution in [3.05, 3.63) is 70.8 Å². The monoisotopic (exact) mass is 391 g/mol. The molecule has 4 amide bonds. The largest absolute Gasteiger partial charge is 0.416 e. The van der Waals surface area contributed by atoms with Crippen LogP contribution in [0, 0.1) is 0 Å². The van der Waals surface area contributed by atoms with E-state index in [0.29, 0.717) is 16.7 Å². The van der Waals surface area contributed by atoms with Gasteiger partial charge in [0.15, 0.2) is 0 Å². The van der Waals surface area contributed by atoms with Crippen molar-refractivity contribution in [2.24, 2.45) is 0 Å². The maximum atomic E-state index is 12.7. The number of urea groups is 1. The van der Waals surface area contributed by atoms with Crippen LogP contribution in [0.4, 0.5) is 18.0 Å². The lowest BCUT2D eigenvalue weighted by atomic mass is 10.1. The van der Waals surface area contributed by atoms with Crippen LogP contribution in [0.25, 0.3) is 0 Å². The van der Waals surface area contributed by atoms with Gasteiger partial charge < -0.3 is 10.6 Å². The molecule has 0 spiro atoms. The topological polar surface area (TPSA) is 78.5 Å². The van der Waals surface area contributed by atoms with Gasteiger partial charge in [-0.2, -0.15) is 13.2 Å². The summed E-state index contributed by atoms with van der Waals surface area (Å²) in [6.07, 6.45) is -4.44. The predicted molar refractivity (Wildman–Crippen MR) is 93.0 cm³/mol. The van der Waals surface area contributed by atoms with E-state index in [1.165, 1.54) is 24.3 Å². The van der Waals surface area contributed by atoms with Crippen LogP contribution in [0.5, 0.6) is 0 Å². The van der Waals surface area contributed by atoms with E-state index < -0.39 is 23.7 Å². The zero-order valence-electron chi connectivity index (χ0n) is 14.5. The van der Waals surface area contributed by atoms with Gasteiger partial charge in [-0.25, -0.2) is 4.79 Å². The fourth-order valence-corrected chi connectivity index (χ4v) is 2.70. The number of imide groups is 1. The average molecular weight is 391 g/mol. The highest BCUT2D eigenvalue weighted by atomic mass is 19.4. The summed E-state index contributed by atoms with van der Waals surface area (Å²) in [5.41, 5.74) is 0.537. The molecule has 146 valence electrons. The fourth-order valence-electron chi connectivity index (χ4n) is 2.70. The molecule has 3 rings (SSSR count). The second-order valence-corrected chi connectivity index (χ2v) is 6.22. The first kappa shape index (κ1) is 19.4. The maximum Gasteiger partial charge on any atom is 0.416 e. The van der Waals surface area contributed by atoms with E-state index in [1.54, 1.807) is 12.1 Å². The quantitative estimate of drug-likeness (QED) is 0.770. The molecule has 1 aliphatic rings. The molecular weight excluding hydrogens is 375 g/mol. The van der Waals surface area contributed by atoms with Crippen molar-refractivity contribution < 1.29 is 27.6 Å². The number of rotatable bonds is 5. The number of hydrogen-bond acceptors (Lipinski definition) is 3. The van der Waals surface area contributed by atoms with E-state index in [2.05, 4.69) is 10.6 Å². The molecule has 1 fully saturated rings. The minimum Gasteiger partial charge on any atom is -0.348 e. The van der Waals surface area contributed by atoms with E-state index in [0.717, 1.165) is 17.0 Å². The van der Waals surface area contributed by atoms with Gasteiger partial charge in [-0.1, -0.05) is 24.3 Å². The summed E-state index contributed by atoms with van der Waals surface area (Å²) in [5, 5.41) is 4.98. The molecule has 2 N–H and O–H groups in total. The lowest BCUT2D eigenvalue weighted by molar-refractivity contribution is -0.137. The number of nitrogens with zero attached hydrogens (tertiary/aromatic N) is 1. The number of benzene rings is 2. The Morgan fingerprint density at radius 3 is 2.39 bits per heavy atom. The molecular formula is C19H16F3N3O3. The summed E-state index contributed by atoms with van der Waals surface area (Å²) >= 11 is 0. The Labute approximate surface area is 158 Å². The molecule has 0 bridgehead atoms. The molecule has 0 saturated carbocycles. The molecule has 1 heterocycles. The summed E-state index contributed by atoms with van der Waals surface area (Å²) in [6, 6.07) is 10.5. The SMILES string of the molecule is O=C(NCc1cccc(C(F)(F)F)c1)c1ccc(CN2C(=O)CNC2=O)cc1. The molecule has 0 aliphatic carbocycles. The third-order valence-corrected chi connectivity index (χ3v) is 4.20. The highest BCUT2D eigenvalue weighted by Crippen LogP contribution is 2.29. The second kappa shape index (κ2) is 7.71. The van der Waals surface area contributed by atoms with E-state index in [9.17, 15) is 27.6 Å². The average Bonchev–Trinajstić information content (AvgIpc) is 2.98. The van der Waals surface area contributed by atoms with Gasteiger partial charge in [0.1, 0.15) is 0 Å². The summed E-state index contributed by atoms with van der Waals surface area (Å²) in [4.78, 5) is 36.4. The Balaban J connectivity index is 1.59. The van der Waals surface area contributed by atoms with Crippen molar-refractivity contribution in [1.29, 1.82) is 0 Å². The number of carbonyl (C=O) groups excluding carboxylic acids is 3. The Morgan fingerprint density at radius 2 is 1.79 bits per heavy atom. The van der Waals surface area contributed by atoms with Crippen molar-refractivity contribution in [2.75, 3.05) is 6.54 Å². The zero-order valence-corrected chi connectivity index (χ0v) is 14.5. The van der Waals surface area contributed by atoms with Crippen LogP contribution in [0.2, 0.25) is 0 Å². The first-order valence-corrected chi connectivity index (χ1v) is 8.35. The smallest absolute Gasteiger partial charge is 0.348 e. The summed E-state index contributed by atoms with van der Waals surface area (Å²) in [7, 11) is 0. The molecule has 6 nitrogen and oxygen atoms in total. The van der Waals surface area contributed by atoms with Crippen LogP contribution in [0.1, 0.15) is 27.0 Å². The van der Waals surface area contributed by atoms with Gasteiger partial charge in [-0.15, -0.1) is 0 Å². The Kier molecular flexibility index (Phi) is 5.34. The zero-order chi connectivity index (χ0) is 20.3. The van der Waals surface area contributed by atoms with Gasteiger partial charge in [-0.05, 0) is 35.4 Å². The Hall–Kier alpha value is -3.36. The summed E-state index contributed by atoms with van der Waals surface area (Å²) in [6.45, 7) is 0.0125. The van der Waals surface area contributed by atoms with Crippen molar-refractivity contribution in [2.45, 2.75) is 19.3 Å². The molecule has 0 unspecified atom stereocenters. The molecule has 0 aromatic heterocycles. The van der Waals surface area contributed by atoms with E-state index in [1.807, 2.05) is 0 Å². The number of carbonyl (C=O) groups is 3. The number of amides is 4. The molecule has 0 radical (unpaired) electrons. The van der Waals surface area contributed by atoms with E-state index in [-0.39, 0.29) is 25.5 Å². The Morgan fingerprint density at radius 1 is 1.07 bits per heavy atom. The van der Waals surface area contributed by atoms with Gasteiger partial charge >= 0.3 is 12.2 Å². The van der Waals surface area contributed by atoms with Gasteiger partial charge in [-0.3, -0.25) is 14.5 Å². The Bertz CT molecular complexity index is 895. The summed E-state index contributed by atoms with van der Waals surface area (Å²) < 4.78 is 38.2. The second-order valence-electron chi connectivity index (χ2n) is 6.22. The number of halogens is 3. The van der Waals surface area contributed by atoms with E-state index in [4.69, 9.17) is 0 Å². The van der Waals surface area contributed by atoms with Crippen molar-refractivity contribution >= 4 is 17.8 Å². The van der Waals surface area contributed by atoms with Gasteiger partial charge in [0.25, 0.3) is 5.91 Å². The van der Waals surface area contributed by atoms with Crippen molar-refractivity contribution in [1.82, 2.24) is 15.5 Å². The lowest BCUT2D eigenvalue weighted by Crippen LogP contribution is -2.30. The van der Waals surface area contributed by atoms with Crippen LogP contribution >= 0.6 is 0 Å². The first-order chi connectivity index (χ1) is 13.2. The molecule has 0 atom stereocenters. The highest BCUT2D eigenvalue weighted by Gasteiger charge is 2.30. The lowest BCUT2D eigenvalue weighted by Gasteiger charge is -2.13. The van der Waals surface area contributed by atoms with Crippen molar-refractivity contribution in [3.63, 3.8) is 0 Å². The molecule has 1 saturated heterocycles. The minimum atomic E-state index is -4.44. The van der Waals surface area contributed by atoms with Crippen LogP contribution < -0.4 is 10.6 Å². The van der Waals surface area contributed by atoms with Gasteiger partial charge in [0, 0.05) is 12.1 Å². The van der Waals surface area contributed by atoms with Crippen LogP contribution in [-0.4, -0.2) is 29.3 Å². The molecule has 2 aromatic carbocycles. The third kappa shape index (κ3) is 4.48. The van der Waals surface area contributed by atoms with Crippen LogP contribution in [0.15, 0.2) is 48.5 Å².